The second-order valence-electron chi connectivity index (χ2n) is 3.03. The third-order valence-corrected chi connectivity index (χ3v) is 1.60. The molecule has 0 aromatic carbocycles. The molecule has 1 saturated heterocycles. The molecule has 1 rings (SSSR count). The van der Waals surface area contributed by atoms with E-state index in [4.69, 9.17) is 4.74 Å². The van der Waals surface area contributed by atoms with E-state index in [9.17, 15) is 8.78 Å². The molecule has 1 N–H and O–H groups in total. The van der Waals surface area contributed by atoms with E-state index >= 15 is 0 Å². The molecule has 1 aliphatic heterocycles. The van der Waals surface area contributed by atoms with Gasteiger partial charge in [0.2, 0.25) is 0 Å². The topological polar surface area (TPSA) is 21.3 Å². The maximum Gasteiger partial charge on any atom is 0.268 e. The molecule has 2 nitrogen and oxygen atoms in total. The molecule has 1 atom stereocenters. The number of rotatable bonds is 4. The second kappa shape index (κ2) is 3.45. The normalized spacial score (nSPS) is 24.8. The predicted octanol–water partition coefficient (Wildman–Crippen LogP) is 1.02. The minimum absolute atomic E-state index is 0.303. The molecule has 1 unspecified atom stereocenters. The van der Waals surface area contributed by atoms with Crippen molar-refractivity contribution in [2.75, 3.05) is 19.8 Å². The van der Waals surface area contributed by atoms with Gasteiger partial charge in [0.25, 0.3) is 5.92 Å². The van der Waals surface area contributed by atoms with Crippen LogP contribution in [0.5, 0.6) is 0 Å². The molecule has 1 aliphatic rings. The van der Waals surface area contributed by atoms with Crippen molar-refractivity contribution in [3.63, 3.8) is 0 Å². The first-order chi connectivity index (χ1) is 5.08. The van der Waals surface area contributed by atoms with Crippen molar-refractivity contribution in [3.8, 4) is 0 Å². The Kier molecular flexibility index (Phi) is 2.78. The Bertz CT molecular complexity index is 120. The fraction of sp³-hybridized carbons (Fsp3) is 1.00. The molecular formula is C7H13F2NO. The molecule has 0 aromatic rings. The Morgan fingerprint density at radius 3 is 2.64 bits per heavy atom. The van der Waals surface area contributed by atoms with Gasteiger partial charge in [-0.1, -0.05) is 0 Å². The third-order valence-electron chi connectivity index (χ3n) is 1.60. The van der Waals surface area contributed by atoms with Gasteiger partial charge in [0.1, 0.15) is 6.61 Å². The smallest absolute Gasteiger partial charge is 0.268 e. The van der Waals surface area contributed by atoms with Crippen LogP contribution in [0.4, 0.5) is 8.78 Å². The van der Waals surface area contributed by atoms with Gasteiger partial charge in [-0.2, -0.15) is 0 Å². The summed E-state index contributed by atoms with van der Waals surface area (Å²) in [7, 11) is 0. The van der Waals surface area contributed by atoms with Crippen LogP contribution in [0.3, 0.4) is 0 Å². The van der Waals surface area contributed by atoms with Gasteiger partial charge in [0.05, 0.1) is 6.61 Å². The molecule has 0 spiro atoms. The molecule has 66 valence electrons. The summed E-state index contributed by atoms with van der Waals surface area (Å²) in [5, 5.41) is 3.06. The molecule has 1 fully saturated rings. The van der Waals surface area contributed by atoms with E-state index in [1.165, 1.54) is 0 Å². The Morgan fingerprint density at radius 1 is 1.64 bits per heavy atom. The van der Waals surface area contributed by atoms with Crippen molar-refractivity contribution < 1.29 is 13.5 Å². The van der Waals surface area contributed by atoms with Crippen LogP contribution in [-0.4, -0.2) is 31.7 Å². The number of nitrogens with one attached hydrogen (secondary N) is 1. The number of hydrogen-bond acceptors (Lipinski definition) is 2. The van der Waals surface area contributed by atoms with E-state index in [0.717, 1.165) is 19.9 Å². The van der Waals surface area contributed by atoms with Gasteiger partial charge in [-0.25, -0.2) is 8.78 Å². The van der Waals surface area contributed by atoms with Crippen LogP contribution >= 0.6 is 0 Å². The summed E-state index contributed by atoms with van der Waals surface area (Å²) < 4.78 is 29.1. The SMILES string of the molecule is CC(F)(F)COCC1CCN1. The summed E-state index contributed by atoms with van der Waals surface area (Å²) in [4.78, 5) is 0. The van der Waals surface area contributed by atoms with E-state index in [1.807, 2.05) is 0 Å². The van der Waals surface area contributed by atoms with Crippen molar-refractivity contribution in [1.82, 2.24) is 5.32 Å². The molecule has 0 radical (unpaired) electrons. The van der Waals surface area contributed by atoms with Crippen molar-refractivity contribution in [2.24, 2.45) is 0 Å². The van der Waals surface area contributed by atoms with Crippen molar-refractivity contribution in [3.05, 3.63) is 0 Å². The molecule has 0 amide bonds. The number of alkyl halides is 2. The summed E-state index contributed by atoms with van der Waals surface area (Å²) in [6.45, 7) is 1.78. The first kappa shape index (κ1) is 8.87. The number of halogens is 2. The summed E-state index contributed by atoms with van der Waals surface area (Å²) in [6, 6.07) is 0.303. The van der Waals surface area contributed by atoms with E-state index in [2.05, 4.69) is 5.32 Å². The highest BCUT2D eigenvalue weighted by atomic mass is 19.3. The second-order valence-corrected chi connectivity index (χ2v) is 3.03. The highest BCUT2D eigenvalue weighted by Gasteiger charge is 2.23. The zero-order valence-corrected chi connectivity index (χ0v) is 6.57. The lowest BCUT2D eigenvalue weighted by Crippen LogP contribution is -2.46. The quantitative estimate of drug-likeness (QED) is 0.671. The molecule has 0 aliphatic carbocycles. The summed E-state index contributed by atoms with van der Waals surface area (Å²) in [5.41, 5.74) is 0. The molecule has 1 heterocycles. The van der Waals surface area contributed by atoms with E-state index in [1.54, 1.807) is 0 Å². The third kappa shape index (κ3) is 3.62. The first-order valence-electron chi connectivity index (χ1n) is 3.77. The van der Waals surface area contributed by atoms with Gasteiger partial charge >= 0.3 is 0 Å². The van der Waals surface area contributed by atoms with Crippen LogP contribution in [0.1, 0.15) is 13.3 Å². The lowest BCUT2D eigenvalue weighted by Gasteiger charge is -2.27. The zero-order valence-electron chi connectivity index (χ0n) is 6.57. The minimum atomic E-state index is -2.69. The van der Waals surface area contributed by atoms with E-state index in [0.29, 0.717) is 12.6 Å². The maximum atomic E-state index is 12.1. The Morgan fingerprint density at radius 2 is 2.27 bits per heavy atom. The standard InChI is InChI=1S/C7H13F2NO/c1-7(8,9)5-11-4-6-2-3-10-6/h6,10H,2-5H2,1H3. The lowest BCUT2D eigenvalue weighted by molar-refractivity contribution is -0.0691. The van der Waals surface area contributed by atoms with Crippen LogP contribution in [0.2, 0.25) is 0 Å². The average molecular weight is 165 g/mol. The number of hydrogen-bond donors (Lipinski definition) is 1. The monoisotopic (exact) mass is 165 g/mol. The fourth-order valence-electron chi connectivity index (χ4n) is 0.871. The van der Waals surface area contributed by atoms with Gasteiger partial charge in [0.15, 0.2) is 0 Å². The van der Waals surface area contributed by atoms with Gasteiger partial charge in [-0.3, -0.25) is 0 Å². The highest BCUT2D eigenvalue weighted by Crippen LogP contribution is 2.12. The zero-order chi connectivity index (χ0) is 8.32. The molecule has 4 heteroatoms. The first-order valence-corrected chi connectivity index (χ1v) is 3.77. The van der Waals surface area contributed by atoms with Crippen LogP contribution in [0.25, 0.3) is 0 Å². The number of ether oxygens (including phenoxy) is 1. The highest BCUT2D eigenvalue weighted by molar-refractivity contribution is 4.76. The van der Waals surface area contributed by atoms with Crippen molar-refractivity contribution in [1.29, 1.82) is 0 Å². The van der Waals surface area contributed by atoms with Gasteiger partial charge in [-0.15, -0.1) is 0 Å². The van der Waals surface area contributed by atoms with Crippen LogP contribution in [0, 0.1) is 0 Å². The van der Waals surface area contributed by atoms with Crippen molar-refractivity contribution >= 4 is 0 Å². The summed E-state index contributed by atoms with van der Waals surface area (Å²) >= 11 is 0. The van der Waals surface area contributed by atoms with Crippen LogP contribution in [-0.2, 0) is 4.74 Å². The summed E-state index contributed by atoms with van der Waals surface area (Å²) in [6.07, 6.45) is 1.04. The lowest BCUT2D eigenvalue weighted by atomic mass is 10.1. The van der Waals surface area contributed by atoms with Crippen LogP contribution < -0.4 is 5.32 Å². The average Bonchev–Trinajstić information content (AvgIpc) is 1.73. The van der Waals surface area contributed by atoms with E-state index < -0.39 is 12.5 Å². The Hall–Kier alpha value is -0.220. The van der Waals surface area contributed by atoms with Gasteiger partial charge < -0.3 is 10.1 Å². The molecule has 11 heavy (non-hydrogen) atoms. The predicted molar refractivity (Wildman–Crippen MR) is 37.8 cm³/mol. The minimum Gasteiger partial charge on any atom is -0.374 e. The molecule has 0 bridgehead atoms. The Labute approximate surface area is 64.9 Å². The maximum absolute atomic E-state index is 12.1. The van der Waals surface area contributed by atoms with Crippen molar-refractivity contribution in [2.45, 2.75) is 25.3 Å². The largest absolute Gasteiger partial charge is 0.374 e. The van der Waals surface area contributed by atoms with Gasteiger partial charge in [-0.05, 0) is 13.0 Å². The molecule has 0 saturated carbocycles. The van der Waals surface area contributed by atoms with E-state index in [-0.39, 0.29) is 0 Å². The molecular weight excluding hydrogens is 152 g/mol. The fourth-order valence-corrected chi connectivity index (χ4v) is 0.871. The van der Waals surface area contributed by atoms with Gasteiger partial charge in [0, 0.05) is 13.0 Å². The summed E-state index contributed by atoms with van der Waals surface area (Å²) in [5.74, 6) is -2.69. The Balaban J connectivity index is 1.95. The van der Waals surface area contributed by atoms with Crippen LogP contribution in [0.15, 0.2) is 0 Å². The molecule has 0 aromatic heterocycles.